The average molecular weight is 373 g/mol. The summed E-state index contributed by atoms with van der Waals surface area (Å²) in [6, 6.07) is 10.3. The van der Waals surface area contributed by atoms with E-state index in [2.05, 4.69) is 15.0 Å². The molecule has 0 aliphatic rings. The molecule has 0 aliphatic carbocycles. The average Bonchev–Trinajstić information content (AvgIpc) is 2.56. The summed E-state index contributed by atoms with van der Waals surface area (Å²) in [5.41, 5.74) is 1.27. The van der Waals surface area contributed by atoms with E-state index >= 15 is 0 Å². The molecular formula is C18H16FN3O3S. The number of amides is 1. The number of nitrogens with zero attached hydrogens (tertiary/aromatic N) is 1. The van der Waals surface area contributed by atoms with Crippen molar-refractivity contribution in [3.63, 3.8) is 0 Å². The molecule has 3 aromatic rings. The number of aromatic nitrogens is 1. The van der Waals surface area contributed by atoms with E-state index in [1.165, 1.54) is 25.1 Å². The smallest absolute Gasteiger partial charge is 0.264 e. The second-order valence-electron chi connectivity index (χ2n) is 5.82. The summed E-state index contributed by atoms with van der Waals surface area (Å²) in [6.45, 7) is 3.11. The van der Waals surface area contributed by atoms with Gasteiger partial charge in [-0.3, -0.25) is 14.5 Å². The summed E-state index contributed by atoms with van der Waals surface area (Å²) in [5, 5.41) is 3.01. The van der Waals surface area contributed by atoms with E-state index in [4.69, 9.17) is 0 Å². The fourth-order valence-corrected chi connectivity index (χ4v) is 3.77. The molecule has 0 fully saturated rings. The van der Waals surface area contributed by atoms with Crippen molar-refractivity contribution in [2.75, 3.05) is 10.0 Å². The third-order valence-electron chi connectivity index (χ3n) is 3.63. The summed E-state index contributed by atoms with van der Waals surface area (Å²) in [5.74, 6) is -1.12. The molecule has 1 heterocycles. The molecule has 8 heteroatoms. The van der Waals surface area contributed by atoms with Crippen molar-refractivity contribution < 1.29 is 17.6 Å². The number of aryl methyl sites for hydroxylation is 1. The van der Waals surface area contributed by atoms with Gasteiger partial charge < -0.3 is 5.32 Å². The summed E-state index contributed by atoms with van der Waals surface area (Å²) in [7, 11) is -3.96. The Morgan fingerprint density at radius 1 is 1.15 bits per heavy atom. The van der Waals surface area contributed by atoms with Crippen molar-refractivity contribution in [1.82, 2.24) is 4.98 Å². The number of sulfonamides is 1. The lowest BCUT2D eigenvalue weighted by molar-refractivity contribution is -0.114. The van der Waals surface area contributed by atoms with Crippen LogP contribution in [0.2, 0.25) is 0 Å². The third kappa shape index (κ3) is 3.65. The number of pyridine rings is 1. The second-order valence-corrected chi connectivity index (χ2v) is 7.47. The number of carbonyl (C=O) groups is 1. The molecule has 3 rings (SSSR count). The van der Waals surface area contributed by atoms with Crippen molar-refractivity contribution in [2.24, 2.45) is 0 Å². The Morgan fingerprint density at radius 2 is 1.92 bits per heavy atom. The van der Waals surface area contributed by atoms with E-state index in [0.717, 1.165) is 11.6 Å². The number of hydrogen-bond acceptors (Lipinski definition) is 4. The van der Waals surface area contributed by atoms with Crippen molar-refractivity contribution >= 4 is 38.2 Å². The highest BCUT2D eigenvalue weighted by molar-refractivity contribution is 7.93. The summed E-state index contributed by atoms with van der Waals surface area (Å²) < 4.78 is 41.7. The summed E-state index contributed by atoms with van der Waals surface area (Å²) in [6.07, 6.45) is 1.59. The maximum atomic E-state index is 13.7. The molecule has 2 aromatic carbocycles. The van der Waals surface area contributed by atoms with Crippen LogP contribution in [0.15, 0.2) is 53.6 Å². The molecule has 1 amide bonds. The van der Waals surface area contributed by atoms with Gasteiger partial charge in [-0.15, -0.1) is 0 Å². The van der Waals surface area contributed by atoms with Crippen LogP contribution in [0.25, 0.3) is 10.9 Å². The zero-order valence-electron chi connectivity index (χ0n) is 14.1. The van der Waals surface area contributed by atoms with Gasteiger partial charge in [0.05, 0.1) is 16.9 Å². The zero-order chi connectivity index (χ0) is 18.9. The number of halogens is 1. The van der Waals surface area contributed by atoms with Crippen molar-refractivity contribution in [2.45, 2.75) is 18.7 Å². The molecule has 0 saturated heterocycles. The number of anilines is 2. The minimum Gasteiger partial charge on any atom is -0.324 e. The van der Waals surface area contributed by atoms with Crippen LogP contribution < -0.4 is 10.0 Å². The number of fused-ring (bicyclic) bond motifs is 1. The highest BCUT2D eigenvalue weighted by Crippen LogP contribution is 2.26. The fourth-order valence-electron chi connectivity index (χ4n) is 2.54. The van der Waals surface area contributed by atoms with Gasteiger partial charge in [-0.2, -0.15) is 0 Å². The molecule has 6 nitrogen and oxygen atoms in total. The summed E-state index contributed by atoms with van der Waals surface area (Å²) in [4.78, 5) is 15.4. The van der Waals surface area contributed by atoms with E-state index < -0.39 is 21.7 Å². The first kappa shape index (κ1) is 17.8. The molecule has 0 atom stereocenters. The maximum absolute atomic E-state index is 13.7. The van der Waals surface area contributed by atoms with Gasteiger partial charge >= 0.3 is 0 Å². The molecule has 0 saturated carbocycles. The monoisotopic (exact) mass is 373 g/mol. The molecule has 0 aliphatic heterocycles. The standard InChI is InChI=1S/C18H16FN3O3S/c1-11-8-13-4-3-5-17(18(13)20-10-11)26(24,25)22-14-6-7-15(19)16(9-14)21-12(2)23/h3-10,22H,1-2H3,(H,21,23). The first-order valence-electron chi connectivity index (χ1n) is 7.71. The van der Waals surface area contributed by atoms with Crippen LogP contribution in [0.5, 0.6) is 0 Å². The van der Waals surface area contributed by atoms with Gasteiger partial charge in [0.15, 0.2) is 0 Å². The highest BCUT2D eigenvalue weighted by atomic mass is 32.2. The van der Waals surface area contributed by atoms with Gasteiger partial charge in [-0.25, -0.2) is 12.8 Å². The molecule has 134 valence electrons. The lowest BCUT2D eigenvalue weighted by Gasteiger charge is -2.12. The Morgan fingerprint density at radius 3 is 2.65 bits per heavy atom. The van der Waals surface area contributed by atoms with Gasteiger partial charge in [-0.1, -0.05) is 12.1 Å². The SMILES string of the molecule is CC(=O)Nc1cc(NS(=O)(=O)c2cccc3cc(C)cnc23)ccc1F. The number of benzene rings is 2. The zero-order valence-corrected chi connectivity index (χ0v) is 14.9. The minimum absolute atomic E-state index is 0.0143. The van der Waals surface area contributed by atoms with Crippen LogP contribution in [-0.4, -0.2) is 19.3 Å². The first-order valence-corrected chi connectivity index (χ1v) is 9.20. The van der Waals surface area contributed by atoms with Crippen molar-refractivity contribution in [1.29, 1.82) is 0 Å². The maximum Gasteiger partial charge on any atom is 0.264 e. The number of hydrogen-bond donors (Lipinski definition) is 2. The van der Waals surface area contributed by atoms with Gasteiger partial charge in [0.2, 0.25) is 5.91 Å². The predicted octanol–water partition coefficient (Wildman–Crippen LogP) is 3.44. The molecular weight excluding hydrogens is 357 g/mol. The van der Waals surface area contributed by atoms with E-state index in [-0.39, 0.29) is 16.3 Å². The van der Waals surface area contributed by atoms with Crippen molar-refractivity contribution in [3.05, 3.63) is 60.0 Å². The number of carbonyl (C=O) groups excluding carboxylic acids is 1. The van der Waals surface area contributed by atoms with Gasteiger partial charge in [0.25, 0.3) is 10.0 Å². The largest absolute Gasteiger partial charge is 0.324 e. The Labute approximate surface area is 150 Å². The van der Waals surface area contributed by atoms with Crippen LogP contribution in [0.3, 0.4) is 0 Å². The second kappa shape index (κ2) is 6.72. The van der Waals surface area contributed by atoms with E-state index in [1.807, 2.05) is 13.0 Å². The molecule has 1 aromatic heterocycles. The number of nitrogens with one attached hydrogen (secondary N) is 2. The lowest BCUT2D eigenvalue weighted by Crippen LogP contribution is -2.14. The Kier molecular flexibility index (Phi) is 4.60. The highest BCUT2D eigenvalue weighted by Gasteiger charge is 2.19. The molecule has 0 spiro atoms. The van der Waals surface area contributed by atoms with Crippen LogP contribution >= 0.6 is 0 Å². The molecule has 0 bridgehead atoms. The predicted molar refractivity (Wildman–Crippen MR) is 98.0 cm³/mol. The Bertz CT molecular complexity index is 1110. The lowest BCUT2D eigenvalue weighted by atomic mass is 10.2. The summed E-state index contributed by atoms with van der Waals surface area (Å²) >= 11 is 0. The Balaban J connectivity index is 2.01. The molecule has 2 N–H and O–H groups in total. The van der Waals surface area contributed by atoms with E-state index in [0.29, 0.717) is 10.9 Å². The fraction of sp³-hybridized carbons (Fsp3) is 0.111. The number of rotatable bonds is 4. The Hall–Kier alpha value is -3.00. The van der Waals surface area contributed by atoms with Gasteiger partial charge in [-0.05, 0) is 42.8 Å². The third-order valence-corrected chi connectivity index (χ3v) is 5.04. The van der Waals surface area contributed by atoms with Crippen LogP contribution in [0.1, 0.15) is 12.5 Å². The van der Waals surface area contributed by atoms with E-state index in [1.54, 1.807) is 18.3 Å². The van der Waals surface area contributed by atoms with Crippen LogP contribution in [0.4, 0.5) is 15.8 Å². The minimum atomic E-state index is -3.96. The first-order chi connectivity index (χ1) is 12.3. The van der Waals surface area contributed by atoms with Crippen molar-refractivity contribution in [3.8, 4) is 0 Å². The van der Waals surface area contributed by atoms with Gasteiger partial charge in [0, 0.05) is 18.5 Å². The molecule has 26 heavy (non-hydrogen) atoms. The number of para-hydroxylation sites is 1. The molecule has 0 unspecified atom stereocenters. The van der Waals surface area contributed by atoms with Gasteiger partial charge in [0.1, 0.15) is 10.7 Å². The quantitative estimate of drug-likeness (QED) is 0.733. The molecule has 0 radical (unpaired) electrons. The van der Waals surface area contributed by atoms with E-state index in [9.17, 15) is 17.6 Å². The topological polar surface area (TPSA) is 88.2 Å². The van der Waals surface area contributed by atoms with Crippen LogP contribution in [0, 0.1) is 12.7 Å². The normalized spacial score (nSPS) is 11.3. The van der Waals surface area contributed by atoms with Crippen LogP contribution in [-0.2, 0) is 14.8 Å².